The summed E-state index contributed by atoms with van der Waals surface area (Å²) >= 11 is 0. The van der Waals surface area contributed by atoms with Crippen LogP contribution in [0, 0.1) is 0 Å². The number of ether oxygens (including phenoxy) is 3. The normalized spacial score (nSPS) is 12.6. The highest BCUT2D eigenvalue weighted by Gasteiger charge is 2.19. The zero-order valence-corrected chi connectivity index (χ0v) is 43.4. The molecule has 0 saturated heterocycles. The van der Waals surface area contributed by atoms with Crippen molar-refractivity contribution in [1.29, 1.82) is 0 Å². The number of allylic oxidation sites excluding steroid dienone is 12. The maximum absolute atomic E-state index is 12.8. The third-order valence-corrected chi connectivity index (χ3v) is 11.9. The number of esters is 3. The average Bonchev–Trinajstić information content (AvgIpc) is 3.31. The fraction of sp³-hybridized carbons (Fsp3) is 0.750. The van der Waals surface area contributed by atoms with Gasteiger partial charge in [-0.2, -0.15) is 0 Å². The van der Waals surface area contributed by atoms with Gasteiger partial charge in [-0.25, -0.2) is 0 Å². The predicted molar refractivity (Wildman–Crippen MR) is 284 cm³/mol. The number of hydrogen-bond acceptors (Lipinski definition) is 6. The van der Waals surface area contributed by atoms with E-state index in [4.69, 9.17) is 14.2 Å². The van der Waals surface area contributed by atoms with Gasteiger partial charge in [0.25, 0.3) is 0 Å². The third-order valence-electron chi connectivity index (χ3n) is 11.9. The summed E-state index contributed by atoms with van der Waals surface area (Å²) in [5, 5.41) is 0. The molecule has 0 aliphatic carbocycles. The number of hydrogen-bond donors (Lipinski definition) is 0. The van der Waals surface area contributed by atoms with Gasteiger partial charge in [-0.05, 0) is 103 Å². The van der Waals surface area contributed by atoms with Gasteiger partial charge in [0, 0.05) is 19.3 Å². The van der Waals surface area contributed by atoms with Crippen LogP contribution in [0.5, 0.6) is 0 Å². The molecular weight excluding hydrogens is 817 g/mol. The van der Waals surface area contributed by atoms with Crippen LogP contribution in [0.1, 0.15) is 271 Å². The van der Waals surface area contributed by atoms with E-state index in [0.29, 0.717) is 19.3 Å². The van der Waals surface area contributed by atoms with E-state index < -0.39 is 6.10 Å². The largest absolute Gasteiger partial charge is 0.462 e. The van der Waals surface area contributed by atoms with Crippen LogP contribution in [0.2, 0.25) is 0 Å². The van der Waals surface area contributed by atoms with E-state index in [9.17, 15) is 14.4 Å². The molecular formula is C60H104O6. The van der Waals surface area contributed by atoms with Crippen molar-refractivity contribution in [2.75, 3.05) is 13.2 Å². The quantitative estimate of drug-likeness (QED) is 0.0262. The highest BCUT2D eigenvalue weighted by Crippen LogP contribution is 2.15. The molecule has 0 rings (SSSR count). The Labute approximate surface area is 408 Å². The highest BCUT2D eigenvalue weighted by molar-refractivity contribution is 5.71. The van der Waals surface area contributed by atoms with Crippen molar-refractivity contribution in [1.82, 2.24) is 0 Å². The molecule has 0 radical (unpaired) electrons. The third kappa shape index (κ3) is 51.8. The van der Waals surface area contributed by atoms with E-state index >= 15 is 0 Å². The summed E-state index contributed by atoms with van der Waals surface area (Å²) in [6.45, 7) is 6.44. The van der Waals surface area contributed by atoms with Crippen LogP contribution in [-0.4, -0.2) is 37.2 Å². The van der Waals surface area contributed by atoms with Crippen LogP contribution < -0.4 is 0 Å². The average molecular weight is 921 g/mol. The molecule has 0 spiro atoms. The van der Waals surface area contributed by atoms with E-state index in [1.54, 1.807) is 0 Å². The Morgan fingerprint density at radius 1 is 0.318 bits per heavy atom. The first-order chi connectivity index (χ1) is 32.5. The molecule has 0 aliphatic rings. The minimum Gasteiger partial charge on any atom is -0.462 e. The van der Waals surface area contributed by atoms with Gasteiger partial charge < -0.3 is 14.2 Å². The molecule has 6 heteroatoms. The highest BCUT2D eigenvalue weighted by atomic mass is 16.6. The smallest absolute Gasteiger partial charge is 0.306 e. The zero-order chi connectivity index (χ0) is 47.9. The molecule has 0 aromatic heterocycles. The molecule has 0 saturated carbocycles. The molecule has 0 fully saturated rings. The van der Waals surface area contributed by atoms with Gasteiger partial charge in [-0.15, -0.1) is 0 Å². The van der Waals surface area contributed by atoms with Crippen LogP contribution in [-0.2, 0) is 28.6 Å². The Bertz CT molecular complexity index is 1240. The monoisotopic (exact) mass is 921 g/mol. The van der Waals surface area contributed by atoms with Gasteiger partial charge in [-0.1, -0.05) is 222 Å². The second kappa shape index (κ2) is 54.5. The first-order valence-corrected chi connectivity index (χ1v) is 27.9. The SMILES string of the molecule is CC/C=C\C/C=C\C/C=C\C/C=C\CCCCCCCCCCCCCCC(=O)OCC(COC(=O)CCCCCCC/C=C\CCC)OC(=O)CCCCCCC/C=C\CCCCCC. The van der Waals surface area contributed by atoms with Crippen LogP contribution in [0.4, 0.5) is 0 Å². The lowest BCUT2D eigenvalue weighted by molar-refractivity contribution is -0.167. The number of unbranched alkanes of at least 4 members (excludes halogenated alkanes) is 27. The van der Waals surface area contributed by atoms with Crippen molar-refractivity contribution < 1.29 is 28.6 Å². The van der Waals surface area contributed by atoms with E-state index in [-0.39, 0.29) is 31.1 Å². The maximum atomic E-state index is 12.8. The molecule has 1 unspecified atom stereocenters. The summed E-state index contributed by atoms with van der Waals surface area (Å²) in [7, 11) is 0. The van der Waals surface area contributed by atoms with Gasteiger partial charge in [0.15, 0.2) is 6.10 Å². The fourth-order valence-corrected chi connectivity index (χ4v) is 7.72. The topological polar surface area (TPSA) is 78.9 Å². The van der Waals surface area contributed by atoms with Gasteiger partial charge in [0.05, 0.1) is 0 Å². The fourth-order valence-electron chi connectivity index (χ4n) is 7.72. The lowest BCUT2D eigenvalue weighted by atomic mass is 10.0. The predicted octanol–water partition coefficient (Wildman–Crippen LogP) is 18.6. The van der Waals surface area contributed by atoms with Crippen molar-refractivity contribution in [3.05, 3.63) is 72.9 Å². The Morgan fingerprint density at radius 3 is 1.00 bits per heavy atom. The van der Waals surface area contributed by atoms with Crippen molar-refractivity contribution in [2.24, 2.45) is 0 Å². The van der Waals surface area contributed by atoms with Gasteiger partial charge in [0.2, 0.25) is 0 Å². The Kier molecular flexibility index (Phi) is 51.9. The van der Waals surface area contributed by atoms with Crippen LogP contribution in [0.15, 0.2) is 72.9 Å². The van der Waals surface area contributed by atoms with Gasteiger partial charge in [0.1, 0.15) is 13.2 Å². The second-order valence-corrected chi connectivity index (χ2v) is 18.5. The number of rotatable bonds is 50. The van der Waals surface area contributed by atoms with Gasteiger partial charge >= 0.3 is 17.9 Å². The molecule has 0 aromatic rings. The molecule has 0 heterocycles. The summed E-state index contributed by atoms with van der Waals surface area (Å²) in [5.41, 5.74) is 0. The minimum absolute atomic E-state index is 0.0814. The lowest BCUT2D eigenvalue weighted by Gasteiger charge is -2.18. The van der Waals surface area contributed by atoms with Crippen molar-refractivity contribution >= 4 is 17.9 Å². The zero-order valence-electron chi connectivity index (χ0n) is 43.4. The Balaban J connectivity index is 4.22. The van der Waals surface area contributed by atoms with E-state index in [1.165, 1.54) is 122 Å². The molecule has 380 valence electrons. The standard InChI is InChI=1S/C60H104O6/c1-4-7-10-13-16-19-22-24-25-26-27-28-29-30-31-32-33-34-35-37-38-41-44-47-50-53-59(62)65-56-57(55-64-58(61)52-49-46-43-40-21-18-15-12-9-6-3)66-60(63)54-51-48-45-42-39-36-23-20-17-14-11-8-5-2/h7,10,12,15-16,19-20,23-25,27-28,57H,4-6,8-9,11,13-14,17-18,21-22,26,29-56H2,1-3H3/b10-7-,15-12-,19-16-,23-20-,25-24-,28-27-. The van der Waals surface area contributed by atoms with E-state index in [2.05, 4.69) is 93.7 Å². The van der Waals surface area contributed by atoms with Crippen molar-refractivity contribution in [3.8, 4) is 0 Å². The Hall–Kier alpha value is -3.15. The van der Waals surface area contributed by atoms with E-state index in [0.717, 1.165) is 109 Å². The maximum Gasteiger partial charge on any atom is 0.306 e. The van der Waals surface area contributed by atoms with Crippen LogP contribution in [0.3, 0.4) is 0 Å². The molecule has 0 N–H and O–H groups in total. The molecule has 66 heavy (non-hydrogen) atoms. The lowest BCUT2D eigenvalue weighted by Crippen LogP contribution is -2.30. The summed E-state index contributed by atoms with van der Waals surface area (Å²) in [4.78, 5) is 38.0. The number of carbonyl (C=O) groups excluding carboxylic acids is 3. The second-order valence-electron chi connectivity index (χ2n) is 18.5. The minimum atomic E-state index is -0.781. The van der Waals surface area contributed by atoms with Gasteiger partial charge in [-0.3, -0.25) is 14.4 Å². The van der Waals surface area contributed by atoms with Crippen LogP contribution >= 0.6 is 0 Å². The summed E-state index contributed by atoms with van der Waals surface area (Å²) in [5.74, 6) is -0.899. The number of carbonyl (C=O) groups is 3. The summed E-state index contributed by atoms with van der Waals surface area (Å²) in [6.07, 6.45) is 69.0. The first-order valence-electron chi connectivity index (χ1n) is 27.9. The molecule has 0 bridgehead atoms. The van der Waals surface area contributed by atoms with Crippen LogP contribution in [0.25, 0.3) is 0 Å². The molecule has 1 atom stereocenters. The van der Waals surface area contributed by atoms with E-state index in [1.807, 2.05) is 0 Å². The molecule has 0 aliphatic heterocycles. The first kappa shape index (κ1) is 62.8. The van der Waals surface area contributed by atoms with Crippen molar-refractivity contribution in [3.63, 3.8) is 0 Å². The molecule has 0 amide bonds. The van der Waals surface area contributed by atoms with Crippen molar-refractivity contribution in [2.45, 2.75) is 277 Å². The molecule has 0 aromatic carbocycles. The summed E-state index contributed by atoms with van der Waals surface area (Å²) in [6, 6.07) is 0. The Morgan fingerprint density at radius 2 is 0.621 bits per heavy atom. The summed E-state index contributed by atoms with van der Waals surface area (Å²) < 4.78 is 16.8. The molecule has 6 nitrogen and oxygen atoms in total.